The summed E-state index contributed by atoms with van der Waals surface area (Å²) in [6.45, 7) is 5.10. The number of hydrogen-bond acceptors (Lipinski definition) is 9. The number of likely N-dealkylation sites (N-methyl/N-ethyl adjacent to an activating group) is 1. The number of para-hydroxylation sites is 1. The van der Waals surface area contributed by atoms with Gasteiger partial charge in [0, 0.05) is 30.5 Å². The van der Waals surface area contributed by atoms with Crippen molar-refractivity contribution in [2.45, 2.75) is 44.6 Å². The topological polar surface area (TPSA) is 143 Å². The van der Waals surface area contributed by atoms with Gasteiger partial charge in [0.25, 0.3) is 11.8 Å². The van der Waals surface area contributed by atoms with E-state index in [1.165, 1.54) is 4.90 Å². The standard InChI is InChI=1S/C28H40N5O6P/c1-18-22(16-31(2)3)27(37)33(20-10-14-40(4,39)15-11-20)28(38)25(18)30-29-23-7-5-6-21(26(23)36)19-8-12-32(13-9-19)17-24(34)35/h5-7,19-20,29,36H,8-17H2,1-4H3,(H,34,35). The molecule has 0 unspecified atom stereocenters. The van der Waals surface area contributed by atoms with Crippen LogP contribution in [0.4, 0.5) is 5.69 Å². The molecule has 0 aromatic heterocycles. The minimum absolute atomic E-state index is 0.00658. The second-order valence-electron chi connectivity index (χ2n) is 11.6. The first-order valence-corrected chi connectivity index (χ1v) is 16.3. The van der Waals surface area contributed by atoms with Gasteiger partial charge in [-0.25, -0.2) is 0 Å². The van der Waals surface area contributed by atoms with E-state index in [4.69, 9.17) is 5.11 Å². The number of rotatable bonds is 8. The summed E-state index contributed by atoms with van der Waals surface area (Å²) < 4.78 is 12.6. The van der Waals surface area contributed by atoms with E-state index in [-0.39, 0.29) is 35.9 Å². The first-order valence-electron chi connectivity index (χ1n) is 13.8. The fourth-order valence-electron chi connectivity index (χ4n) is 5.83. The number of benzene rings is 1. The molecular weight excluding hydrogens is 533 g/mol. The van der Waals surface area contributed by atoms with Crippen LogP contribution in [0.1, 0.15) is 44.1 Å². The summed E-state index contributed by atoms with van der Waals surface area (Å²) in [6.07, 6.45) is 3.46. The van der Waals surface area contributed by atoms with Crippen molar-refractivity contribution in [3.8, 4) is 5.75 Å². The summed E-state index contributed by atoms with van der Waals surface area (Å²) >= 11 is 0. The molecule has 0 aliphatic carbocycles. The van der Waals surface area contributed by atoms with Gasteiger partial charge in [-0.2, -0.15) is 5.10 Å². The van der Waals surface area contributed by atoms with Crippen LogP contribution in [-0.4, -0.2) is 114 Å². The molecule has 11 nitrogen and oxygen atoms in total. The molecule has 0 atom stereocenters. The third kappa shape index (κ3) is 6.65. The molecule has 0 saturated carbocycles. The van der Waals surface area contributed by atoms with Crippen molar-refractivity contribution in [2.75, 3.05) is 64.7 Å². The zero-order valence-electron chi connectivity index (χ0n) is 23.7. The van der Waals surface area contributed by atoms with Crippen LogP contribution in [0.5, 0.6) is 5.75 Å². The van der Waals surface area contributed by atoms with Crippen LogP contribution >= 0.6 is 7.14 Å². The zero-order valence-corrected chi connectivity index (χ0v) is 24.6. The molecule has 3 N–H and O–H groups in total. The molecule has 40 heavy (non-hydrogen) atoms. The fourth-order valence-corrected chi connectivity index (χ4v) is 7.74. The summed E-state index contributed by atoms with van der Waals surface area (Å²) in [5, 5.41) is 24.6. The smallest absolute Gasteiger partial charge is 0.317 e. The number of nitrogens with one attached hydrogen (secondary N) is 1. The van der Waals surface area contributed by atoms with Gasteiger partial charge in [0.1, 0.15) is 5.75 Å². The number of nitrogens with zero attached hydrogens (tertiary/aromatic N) is 4. The maximum absolute atomic E-state index is 13.7. The lowest BCUT2D eigenvalue weighted by molar-refractivity contribution is -0.142. The fraction of sp³-hybridized carbons (Fsp3) is 0.571. The van der Waals surface area contributed by atoms with E-state index in [1.807, 2.05) is 36.0 Å². The number of phenolic OH excluding ortho intramolecular Hbond substituents is 1. The number of amides is 2. The summed E-state index contributed by atoms with van der Waals surface area (Å²) in [5.41, 5.74) is 5.08. The van der Waals surface area contributed by atoms with Crippen LogP contribution in [0, 0.1) is 0 Å². The minimum atomic E-state index is -2.23. The SMILES string of the molecule is CC1=C(CN(C)C)C(=O)N(C2CCP(C)(=O)CC2)C(=O)C1=NNc1cccc(C2CCN(CC(=O)O)CC2)c1O. The highest BCUT2D eigenvalue weighted by atomic mass is 31.2. The van der Waals surface area contributed by atoms with Gasteiger partial charge in [-0.05, 0) is 89.6 Å². The largest absolute Gasteiger partial charge is 0.505 e. The minimum Gasteiger partial charge on any atom is -0.505 e. The van der Waals surface area contributed by atoms with E-state index < -0.39 is 19.0 Å². The molecule has 2 saturated heterocycles. The predicted molar refractivity (Wildman–Crippen MR) is 155 cm³/mol. The second-order valence-corrected chi connectivity index (χ2v) is 15.0. The van der Waals surface area contributed by atoms with Crippen LogP contribution in [0.3, 0.4) is 0 Å². The molecule has 3 aliphatic rings. The Morgan fingerprint density at radius 2 is 1.77 bits per heavy atom. The van der Waals surface area contributed by atoms with Crippen molar-refractivity contribution in [1.29, 1.82) is 0 Å². The number of hydrazone groups is 1. The van der Waals surface area contributed by atoms with E-state index in [1.54, 1.807) is 19.7 Å². The number of carboxylic acid groups (broad SMARTS) is 1. The number of carbonyl (C=O) groups is 3. The summed E-state index contributed by atoms with van der Waals surface area (Å²) in [4.78, 5) is 43.3. The number of hydrogen-bond donors (Lipinski definition) is 3. The molecule has 0 radical (unpaired) electrons. The lowest BCUT2D eigenvalue weighted by atomic mass is 9.88. The van der Waals surface area contributed by atoms with E-state index in [9.17, 15) is 24.1 Å². The average molecular weight is 574 g/mol. The number of likely N-dealkylation sites (tertiary alicyclic amines) is 1. The Morgan fingerprint density at radius 1 is 1.12 bits per heavy atom. The quantitative estimate of drug-likeness (QED) is 0.185. The maximum Gasteiger partial charge on any atom is 0.317 e. The average Bonchev–Trinajstić information content (AvgIpc) is 2.88. The number of anilines is 1. The van der Waals surface area contributed by atoms with Gasteiger partial charge in [0.15, 0.2) is 5.71 Å². The zero-order chi connectivity index (χ0) is 29.2. The van der Waals surface area contributed by atoms with Crippen LogP contribution in [0.25, 0.3) is 0 Å². The Bertz CT molecular complexity index is 1270. The van der Waals surface area contributed by atoms with E-state index in [0.717, 1.165) is 18.4 Å². The number of piperidine rings is 1. The van der Waals surface area contributed by atoms with Crippen molar-refractivity contribution in [3.05, 3.63) is 34.9 Å². The van der Waals surface area contributed by atoms with Crippen molar-refractivity contribution < 1.29 is 29.2 Å². The van der Waals surface area contributed by atoms with Crippen molar-refractivity contribution in [2.24, 2.45) is 5.10 Å². The van der Waals surface area contributed by atoms with Gasteiger partial charge < -0.3 is 19.7 Å². The van der Waals surface area contributed by atoms with Gasteiger partial charge in [-0.3, -0.25) is 29.6 Å². The maximum atomic E-state index is 13.7. The van der Waals surface area contributed by atoms with Crippen LogP contribution in [0.2, 0.25) is 0 Å². The Kier molecular flexibility index (Phi) is 9.17. The third-order valence-corrected chi connectivity index (χ3v) is 10.6. The first-order chi connectivity index (χ1) is 18.9. The Morgan fingerprint density at radius 3 is 2.38 bits per heavy atom. The number of aromatic hydroxyl groups is 1. The summed E-state index contributed by atoms with van der Waals surface area (Å²) in [5.74, 6) is -1.56. The summed E-state index contributed by atoms with van der Waals surface area (Å²) in [7, 11) is 1.48. The van der Waals surface area contributed by atoms with Crippen molar-refractivity contribution in [1.82, 2.24) is 14.7 Å². The lowest BCUT2D eigenvalue weighted by Crippen LogP contribution is -2.54. The monoisotopic (exact) mass is 573 g/mol. The number of carbonyl (C=O) groups excluding carboxylic acids is 2. The number of imide groups is 1. The van der Waals surface area contributed by atoms with E-state index in [2.05, 4.69) is 10.5 Å². The highest BCUT2D eigenvalue weighted by Gasteiger charge is 2.42. The molecule has 2 fully saturated rings. The van der Waals surface area contributed by atoms with E-state index in [0.29, 0.717) is 61.6 Å². The van der Waals surface area contributed by atoms with Gasteiger partial charge in [-0.1, -0.05) is 12.1 Å². The molecule has 3 heterocycles. The molecule has 2 amide bonds. The summed E-state index contributed by atoms with van der Waals surface area (Å²) in [6, 6.07) is 5.01. The molecule has 12 heteroatoms. The Hall–Kier alpha value is -3.01. The van der Waals surface area contributed by atoms with Crippen molar-refractivity contribution >= 4 is 36.3 Å². The molecular formula is C28H40N5O6P. The van der Waals surface area contributed by atoms with Crippen LogP contribution in [-0.2, 0) is 18.9 Å². The number of carboxylic acids is 1. The highest BCUT2D eigenvalue weighted by molar-refractivity contribution is 7.63. The normalized spacial score (nSPS) is 26.2. The molecule has 0 spiro atoms. The molecule has 0 bridgehead atoms. The predicted octanol–water partition coefficient (Wildman–Crippen LogP) is 2.83. The Balaban J connectivity index is 1.59. The van der Waals surface area contributed by atoms with Gasteiger partial charge in [0.05, 0.1) is 19.4 Å². The highest BCUT2D eigenvalue weighted by Crippen LogP contribution is 2.47. The Labute approximate surface area is 235 Å². The molecule has 218 valence electrons. The first kappa shape index (κ1) is 30.0. The van der Waals surface area contributed by atoms with Gasteiger partial charge in [-0.15, -0.1) is 0 Å². The van der Waals surface area contributed by atoms with Crippen LogP contribution in [0.15, 0.2) is 34.4 Å². The lowest BCUT2D eigenvalue weighted by Gasteiger charge is -2.38. The van der Waals surface area contributed by atoms with Crippen LogP contribution < -0.4 is 5.43 Å². The van der Waals surface area contributed by atoms with Crippen molar-refractivity contribution in [3.63, 3.8) is 0 Å². The molecule has 4 rings (SSSR count). The van der Waals surface area contributed by atoms with E-state index >= 15 is 0 Å². The van der Waals surface area contributed by atoms with Gasteiger partial charge in [0.2, 0.25) is 0 Å². The number of aliphatic carboxylic acids is 1. The number of phenols is 1. The molecule has 3 aliphatic heterocycles. The van der Waals surface area contributed by atoms with Gasteiger partial charge >= 0.3 is 5.97 Å². The third-order valence-electron chi connectivity index (χ3n) is 8.16. The second kappa shape index (κ2) is 12.2. The molecule has 1 aromatic carbocycles. The molecule has 1 aromatic rings.